The van der Waals surface area contributed by atoms with Gasteiger partial charge in [0.1, 0.15) is 26.5 Å². The van der Waals surface area contributed by atoms with Crippen LogP contribution < -0.4 is 0 Å². The average molecular weight is 747 g/mol. The van der Waals surface area contributed by atoms with Crippen LogP contribution in [-0.2, 0) is 54.0 Å². The maximum atomic E-state index is 12.1. The third-order valence-corrected chi connectivity index (χ3v) is 13.1. The molecule has 0 spiro atoms. The predicted octanol–water partition coefficient (Wildman–Crippen LogP) is 6.87. The Morgan fingerprint density at radius 2 is 1.61 bits per heavy atom. The predicted molar refractivity (Wildman–Crippen MR) is 204 cm³/mol. The molecule has 0 heterocycles. The molecule has 0 radical (unpaired) electrons. The molecule has 5 atom stereocenters. The summed E-state index contributed by atoms with van der Waals surface area (Å²) in [6, 6.07) is 8.16. The van der Waals surface area contributed by atoms with Crippen LogP contribution in [0.4, 0.5) is 0 Å². The number of ether oxygens (including phenoxy) is 7. The number of benzene rings is 1. The van der Waals surface area contributed by atoms with E-state index < -0.39 is 34.6 Å². The first-order chi connectivity index (χ1) is 23.9. The second-order valence-corrected chi connectivity index (χ2v) is 18.9. The van der Waals surface area contributed by atoms with Crippen LogP contribution in [0.5, 0.6) is 0 Å². The molecule has 298 valence electrons. The molecule has 1 aromatic carbocycles. The van der Waals surface area contributed by atoms with E-state index in [0.29, 0.717) is 32.7 Å². The van der Waals surface area contributed by atoms with Crippen LogP contribution in [0.3, 0.4) is 0 Å². The second kappa shape index (κ2) is 24.0. The van der Waals surface area contributed by atoms with E-state index in [9.17, 15) is 15.0 Å². The van der Waals surface area contributed by atoms with Crippen LogP contribution in [0, 0.1) is 5.92 Å². The lowest BCUT2D eigenvalue weighted by Gasteiger charge is -2.46. The van der Waals surface area contributed by atoms with Gasteiger partial charge in [0.05, 0.1) is 32.0 Å². The summed E-state index contributed by atoms with van der Waals surface area (Å²) in [6.07, 6.45) is 6.91. The summed E-state index contributed by atoms with van der Waals surface area (Å²) in [7, 11) is 3.10. The molecule has 0 aliphatic heterocycles. The quantitative estimate of drug-likeness (QED) is 0.0529. The molecule has 0 aliphatic rings. The lowest BCUT2D eigenvalue weighted by Crippen LogP contribution is -2.40. The standard InChI is InChI=1S/C39H70O11S/c1-13-30(25-47-28-46-20-19-43-8)21-29(2)34(40)24-33(50-51(11,12)38(3,4)5)17-18-39(6,7)32-16-14-15-31(22-32)23-35(48-26-44-9)36(37(41)42)49-27-45-10/h14-16,21-22,30,33-36,40H,13,17-20,23-28H2,1-12H3,(H,41,42)/b29-21-. The number of carboxylic acids is 1. The smallest absolute Gasteiger partial charge is 0.335 e. The van der Waals surface area contributed by atoms with Crippen molar-refractivity contribution in [1.29, 1.82) is 0 Å². The minimum absolute atomic E-state index is 0.0386. The number of rotatable bonds is 28. The summed E-state index contributed by atoms with van der Waals surface area (Å²) in [5.41, 5.74) is 2.71. The van der Waals surface area contributed by atoms with Gasteiger partial charge in [-0.05, 0) is 60.8 Å². The lowest BCUT2D eigenvalue weighted by atomic mass is 9.78. The molecule has 1 aromatic rings. The molecule has 0 aliphatic carbocycles. The van der Waals surface area contributed by atoms with Gasteiger partial charge in [0, 0.05) is 44.8 Å². The summed E-state index contributed by atoms with van der Waals surface area (Å²) in [5.74, 6) is -0.977. The first-order valence-corrected chi connectivity index (χ1v) is 20.2. The third-order valence-electron chi connectivity index (χ3n) is 9.40. The molecule has 11 nitrogen and oxygen atoms in total. The Labute approximate surface area is 310 Å². The van der Waals surface area contributed by atoms with Crippen LogP contribution >= 0.6 is 10.3 Å². The van der Waals surface area contributed by atoms with Crippen molar-refractivity contribution in [2.45, 2.75) is 115 Å². The molecule has 0 fully saturated rings. The normalized spacial score (nSPS) is 16.5. The molecule has 0 saturated carbocycles. The van der Waals surface area contributed by atoms with Gasteiger partial charge in [0.15, 0.2) is 6.10 Å². The molecule has 0 amide bonds. The fraction of sp³-hybridized carbons (Fsp3) is 0.769. The van der Waals surface area contributed by atoms with Gasteiger partial charge in [0.25, 0.3) is 0 Å². The highest BCUT2D eigenvalue weighted by Gasteiger charge is 2.34. The zero-order valence-corrected chi connectivity index (χ0v) is 34.3. The zero-order chi connectivity index (χ0) is 38.7. The van der Waals surface area contributed by atoms with Gasteiger partial charge in [-0.15, -0.1) is 10.3 Å². The van der Waals surface area contributed by atoms with Crippen LogP contribution in [0.25, 0.3) is 0 Å². The number of aliphatic carboxylic acids is 1. The maximum absolute atomic E-state index is 12.1. The number of carbonyl (C=O) groups is 1. The Morgan fingerprint density at radius 1 is 0.941 bits per heavy atom. The molecular formula is C39H70O11S. The van der Waals surface area contributed by atoms with Crippen LogP contribution in [0.1, 0.15) is 85.3 Å². The van der Waals surface area contributed by atoms with Gasteiger partial charge in [-0.1, -0.05) is 71.9 Å². The highest BCUT2D eigenvalue weighted by Crippen LogP contribution is 2.55. The second-order valence-electron chi connectivity index (χ2n) is 15.1. The average Bonchev–Trinajstić information content (AvgIpc) is 3.06. The zero-order valence-electron chi connectivity index (χ0n) is 33.5. The van der Waals surface area contributed by atoms with Crippen LogP contribution in [0.15, 0.2) is 35.9 Å². The number of carboxylic acid groups (broad SMARTS) is 1. The Kier molecular flexibility index (Phi) is 22.3. The summed E-state index contributed by atoms with van der Waals surface area (Å²) < 4.78 is 44.3. The van der Waals surface area contributed by atoms with Gasteiger partial charge >= 0.3 is 5.97 Å². The topological polar surface area (TPSA) is 131 Å². The Bertz CT molecular complexity index is 1130. The maximum Gasteiger partial charge on any atom is 0.335 e. The fourth-order valence-corrected chi connectivity index (χ4v) is 6.40. The Morgan fingerprint density at radius 3 is 2.20 bits per heavy atom. The van der Waals surface area contributed by atoms with E-state index in [2.05, 4.69) is 72.3 Å². The minimum Gasteiger partial charge on any atom is -0.479 e. The van der Waals surface area contributed by atoms with Crippen molar-refractivity contribution in [2.75, 3.05) is 74.0 Å². The summed E-state index contributed by atoms with van der Waals surface area (Å²) in [4.78, 5) is 12.1. The third kappa shape index (κ3) is 17.9. The number of methoxy groups -OCH3 is 3. The molecule has 0 aromatic heterocycles. The SMILES string of the molecule is CCC(/C=C(/C)C(O)CC(CCC(C)(C)c1cccc(CC(OCOC)C(OCOC)C(=O)O)c1)OS(C)(C)C(C)(C)C)COCOCCOC. The Balaban J connectivity index is 3.17. The summed E-state index contributed by atoms with van der Waals surface area (Å²) in [5, 5.41) is 21.3. The van der Waals surface area contributed by atoms with Gasteiger partial charge < -0.3 is 47.6 Å². The first kappa shape index (κ1) is 47.4. The van der Waals surface area contributed by atoms with E-state index >= 15 is 0 Å². The van der Waals surface area contributed by atoms with E-state index in [4.69, 9.17) is 37.3 Å². The summed E-state index contributed by atoms with van der Waals surface area (Å²) in [6.45, 7) is 16.6. The van der Waals surface area contributed by atoms with Crippen molar-refractivity contribution < 1.29 is 52.3 Å². The van der Waals surface area contributed by atoms with Crippen LogP contribution in [-0.4, -0.2) is 119 Å². The Hall–Kier alpha value is -1.58. The van der Waals surface area contributed by atoms with E-state index in [1.807, 2.05) is 19.1 Å². The van der Waals surface area contributed by atoms with E-state index in [1.165, 1.54) is 14.2 Å². The number of aliphatic hydroxyl groups excluding tert-OH is 1. The number of hydrogen-bond donors (Lipinski definition) is 2. The van der Waals surface area contributed by atoms with E-state index in [1.54, 1.807) is 7.11 Å². The largest absolute Gasteiger partial charge is 0.479 e. The van der Waals surface area contributed by atoms with Gasteiger partial charge in [0.2, 0.25) is 0 Å². The molecule has 5 unspecified atom stereocenters. The van der Waals surface area contributed by atoms with Crippen molar-refractivity contribution in [3.63, 3.8) is 0 Å². The number of aliphatic hydroxyl groups is 1. The highest BCUT2D eigenvalue weighted by atomic mass is 32.3. The van der Waals surface area contributed by atoms with Crippen molar-refractivity contribution in [3.05, 3.63) is 47.0 Å². The highest BCUT2D eigenvalue weighted by molar-refractivity contribution is 8.29. The van der Waals surface area contributed by atoms with Crippen molar-refractivity contribution in [1.82, 2.24) is 0 Å². The molecule has 0 saturated heterocycles. The molecule has 1 rings (SSSR count). The van der Waals surface area contributed by atoms with E-state index in [-0.39, 0.29) is 42.6 Å². The minimum atomic E-state index is -1.47. The fourth-order valence-electron chi connectivity index (χ4n) is 5.26. The van der Waals surface area contributed by atoms with Gasteiger partial charge in [-0.2, -0.15) is 0 Å². The van der Waals surface area contributed by atoms with Gasteiger partial charge in [-0.3, -0.25) is 0 Å². The molecule has 2 N–H and O–H groups in total. The van der Waals surface area contributed by atoms with Crippen molar-refractivity contribution in [3.8, 4) is 0 Å². The first-order valence-electron chi connectivity index (χ1n) is 17.9. The number of hydrogen-bond acceptors (Lipinski definition) is 10. The van der Waals surface area contributed by atoms with E-state index in [0.717, 1.165) is 36.0 Å². The molecule has 12 heteroatoms. The molecule has 0 bridgehead atoms. The van der Waals surface area contributed by atoms with Crippen LogP contribution in [0.2, 0.25) is 0 Å². The monoisotopic (exact) mass is 746 g/mol. The lowest BCUT2D eigenvalue weighted by molar-refractivity contribution is -0.184. The van der Waals surface area contributed by atoms with Crippen molar-refractivity contribution >= 4 is 16.3 Å². The summed E-state index contributed by atoms with van der Waals surface area (Å²) >= 11 is 0. The van der Waals surface area contributed by atoms with Gasteiger partial charge in [-0.25, -0.2) is 4.79 Å². The van der Waals surface area contributed by atoms with Crippen molar-refractivity contribution in [2.24, 2.45) is 5.92 Å². The molecule has 51 heavy (non-hydrogen) atoms. The molecular weight excluding hydrogens is 676 g/mol.